The van der Waals surface area contributed by atoms with Crippen LogP contribution in [0.1, 0.15) is 28.7 Å². The first-order valence-electron chi connectivity index (χ1n) is 6.99. The third-order valence-electron chi connectivity index (χ3n) is 4.38. The molecule has 1 nitrogen and oxygen atoms in total. The van der Waals surface area contributed by atoms with Crippen LogP contribution in [0, 0.1) is 0 Å². The Bertz CT molecular complexity index is 669. The van der Waals surface area contributed by atoms with Crippen LogP contribution in [0.3, 0.4) is 0 Å². The number of hydrogen-bond donors (Lipinski definition) is 0. The van der Waals surface area contributed by atoms with E-state index < -0.39 is 0 Å². The second kappa shape index (κ2) is 3.99. The molecular weight excluding hydrogens is 230 g/mol. The van der Waals surface area contributed by atoms with Crippen molar-refractivity contribution in [3.63, 3.8) is 0 Å². The Morgan fingerprint density at radius 3 is 2.63 bits per heavy atom. The van der Waals surface area contributed by atoms with Crippen molar-refractivity contribution in [2.24, 2.45) is 0 Å². The predicted molar refractivity (Wildman–Crippen MR) is 80.1 cm³/mol. The number of fused-ring (bicyclic) bond motifs is 2. The van der Waals surface area contributed by atoms with Gasteiger partial charge in [0.1, 0.15) is 0 Å². The zero-order chi connectivity index (χ0) is 12.8. The minimum absolute atomic E-state index is 0.952. The predicted octanol–water partition coefficient (Wildman–Crippen LogP) is 4.17. The van der Waals surface area contributed by atoms with Gasteiger partial charge in [-0.3, -0.25) is 0 Å². The lowest BCUT2D eigenvalue weighted by Gasteiger charge is -2.20. The van der Waals surface area contributed by atoms with Crippen LogP contribution < -0.4 is 4.90 Å². The Labute approximate surface area is 114 Å². The molecule has 0 saturated heterocycles. The quantitative estimate of drug-likeness (QED) is 0.731. The van der Waals surface area contributed by atoms with E-state index >= 15 is 0 Å². The fourth-order valence-electron chi connectivity index (χ4n) is 3.32. The van der Waals surface area contributed by atoms with Crippen molar-refractivity contribution < 1.29 is 0 Å². The third kappa shape index (κ3) is 1.61. The van der Waals surface area contributed by atoms with Crippen molar-refractivity contribution in [1.29, 1.82) is 0 Å². The number of aryl methyl sites for hydroxylation is 2. The SMILES string of the molecule is C=C1c2ccccc2CN1c1ccc2c(c1)CCC2. The molecule has 1 aliphatic carbocycles. The van der Waals surface area contributed by atoms with E-state index in [4.69, 9.17) is 0 Å². The van der Waals surface area contributed by atoms with Crippen molar-refractivity contribution >= 4 is 11.4 Å². The lowest BCUT2D eigenvalue weighted by molar-refractivity contribution is 0.911. The van der Waals surface area contributed by atoms with E-state index in [2.05, 4.69) is 53.9 Å². The highest BCUT2D eigenvalue weighted by atomic mass is 15.2. The molecular formula is C18H17N. The summed E-state index contributed by atoms with van der Waals surface area (Å²) in [5, 5.41) is 0. The number of benzene rings is 2. The minimum atomic E-state index is 0.952. The first kappa shape index (κ1) is 10.9. The molecule has 0 radical (unpaired) electrons. The average Bonchev–Trinajstić information content (AvgIpc) is 3.03. The van der Waals surface area contributed by atoms with Crippen molar-refractivity contribution in [3.8, 4) is 0 Å². The maximum atomic E-state index is 4.27. The molecule has 0 saturated carbocycles. The maximum Gasteiger partial charge on any atom is 0.0488 e. The Hall–Kier alpha value is -2.02. The summed E-state index contributed by atoms with van der Waals surface area (Å²) in [7, 11) is 0. The van der Waals surface area contributed by atoms with Gasteiger partial charge in [-0.1, -0.05) is 36.9 Å². The van der Waals surface area contributed by atoms with Crippen molar-refractivity contribution in [1.82, 2.24) is 0 Å². The summed E-state index contributed by atoms with van der Waals surface area (Å²) < 4.78 is 0. The Balaban J connectivity index is 1.74. The van der Waals surface area contributed by atoms with Crippen molar-refractivity contribution in [3.05, 3.63) is 71.3 Å². The standard InChI is InChI=1S/C18H17N/c1-13-18-8-3-2-5-16(18)12-19(13)17-10-9-14-6-4-7-15(14)11-17/h2-3,5,8-11H,1,4,6-7,12H2. The zero-order valence-electron chi connectivity index (χ0n) is 11.0. The highest BCUT2D eigenvalue weighted by Crippen LogP contribution is 2.37. The molecule has 1 aliphatic heterocycles. The largest absolute Gasteiger partial charge is 0.337 e. The maximum absolute atomic E-state index is 4.27. The number of rotatable bonds is 1. The van der Waals surface area contributed by atoms with E-state index in [0.717, 1.165) is 12.2 Å². The van der Waals surface area contributed by atoms with Gasteiger partial charge in [0.15, 0.2) is 0 Å². The van der Waals surface area contributed by atoms with Gasteiger partial charge in [-0.25, -0.2) is 0 Å². The van der Waals surface area contributed by atoms with Gasteiger partial charge in [0, 0.05) is 23.5 Å². The highest BCUT2D eigenvalue weighted by Gasteiger charge is 2.23. The topological polar surface area (TPSA) is 3.24 Å². The third-order valence-corrected chi connectivity index (χ3v) is 4.38. The Morgan fingerprint density at radius 1 is 0.895 bits per heavy atom. The van der Waals surface area contributed by atoms with Crippen LogP contribution in [0.15, 0.2) is 49.0 Å². The molecule has 2 aromatic rings. The first-order chi connectivity index (χ1) is 9.33. The molecule has 0 spiro atoms. The van der Waals surface area contributed by atoms with Crippen molar-refractivity contribution in [2.75, 3.05) is 4.90 Å². The van der Waals surface area contributed by atoms with Gasteiger partial charge in [0.2, 0.25) is 0 Å². The zero-order valence-corrected chi connectivity index (χ0v) is 11.0. The van der Waals surface area contributed by atoms with E-state index in [1.807, 2.05) is 0 Å². The molecule has 19 heavy (non-hydrogen) atoms. The highest BCUT2D eigenvalue weighted by molar-refractivity contribution is 5.83. The Kier molecular flexibility index (Phi) is 2.28. The first-order valence-corrected chi connectivity index (χ1v) is 6.99. The fourth-order valence-corrected chi connectivity index (χ4v) is 3.32. The molecule has 4 rings (SSSR count). The van der Waals surface area contributed by atoms with Gasteiger partial charge in [-0.05, 0) is 48.1 Å². The summed E-state index contributed by atoms with van der Waals surface area (Å²) in [5.74, 6) is 0. The molecule has 0 amide bonds. The fraction of sp³-hybridized carbons (Fsp3) is 0.222. The van der Waals surface area contributed by atoms with E-state index in [0.29, 0.717) is 0 Å². The van der Waals surface area contributed by atoms with Crippen LogP contribution in [0.4, 0.5) is 5.69 Å². The van der Waals surface area contributed by atoms with Crippen LogP contribution >= 0.6 is 0 Å². The molecule has 1 heteroatoms. The van der Waals surface area contributed by atoms with E-state index in [9.17, 15) is 0 Å². The molecule has 1 heterocycles. The molecule has 2 aromatic carbocycles. The normalized spacial score (nSPS) is 16.6. The summed E-state index contributed by atoms with van der Waals surface area (Å²) in [5.41, 5.74) is 8.17. The number of hydrogen-bond acceptors (Lipinski definition) is 1. The molecule has 0 fully saturated rings. The Morgan fingerprint density at radius 2 is 1.74 bits per heavy atom. The van der Waals surface area contributed by atoms with Gasteiger partial charge in [0.25, 0.3) is 0 Å². The van der Waals surface area contributed by atoms with E-state index in [1.165, 1.54) is 47.2 Å². The summed E-state index contributed by atoms with van der Waals surface area (Å²) in [4.78, 5) is 2.34. The summed E-state index contributed by atoms with van der Waals surface area (Å²) in [6.07, 6.45) is 3.78. The van der Waals surface area contributed by atoms with E-state index in [1.54, 1.807) is 0 Å². The number of anilines is 1. The van der Waals surface area contributed by atoms with Crippen LogP contribution in [0.25, 0.3) is 5.70 Å². The summed E-state index contributed by atoms with van der Waals surface area (Å²) in [6, 6.07) is 15.5. The molecule has 0 N–H and O–H groups in total. The minimum Gasteiger partial charge on any atom is -0.337 e. The van der Waals surface area contributed by atoms with Gasteiger partial charge >= 0.3 is 0 Å². The summed E-state index contributed by atoms with van der Waals surface area (Å²) in [6.45, 7) is 5.22. The molecule has 0 aromatic heterocycles. The van der Waals surface area contributed by atoms with Crippen LogP contribution in [0.5, 0.6) is 0 Å². The molecule has 0 atom stereocenters. The van der Waals surface area contributed by atoms with Gasteiger partial charge in [-0.2, -0.15) is 0 Å². The average molecular weight is 247 g/mol. The van der Waals surface area contributed by atoms with Crippen molar-refractivity contribution in [2.45, 2.75) is 25.8 Å². The van der Waals surface area contributed by atoms with Crippen LogP contribution in [-0.4, -0.2) is 0 Å². The summed E-state index contributed by atoms with van der Waals surface area (Å²) >= 11 is 0. The molecule has 0 bridgehead atoms. The molecule has 2 aliphatic rings. The lowest BCUT2D eigenvalue weighted by Crippen LogP contribution is -2.13. The molecule has 0 unspecified atom stereocenters. The molecule has 94 valence electrons. The second-order valence-corrected chi connectivity index (χ2v) is 5.50. The van der Waals surface area contributed by atoms with Gasteiger partial charge in [0.05, 0.1) is 0 Å². The monoisotopic (exact) mass is 247 g/mol. The van der Waals surface area contributed by atoms with Gasteiger partial charge in [-0.15, -0.1) is 0 Å². The van der Waals surface area contributed by atoms with Gasteiger partial charge < -0.3 is 4.90 Å². The lowest BCUT2D eigenvalue weighted by atomic mass is 10.1. The number of nitrogens with zero attached hydrogens (tertiary/aromatic N) is 1. The smallest absolute Gasteiger partial charge is 0.0488 e. The van der Waals surface area contributed by atoms with Crippen LogP contribution in [0.2, 0.25) is 0 Å². The van der Waals surface area contributed by atoms with E-state index in [-0.39, 0.29) is 0 Å². The van der Waals surface area contributed by atoms with Crippen LogP contribution in [-0.2, 0) is 19.4 Å². The second-order valence-electron chi connectivity index (χ2n) is 5.50.